The summed E-state index contributed by atoms with van der Waals surface area (Å²) in [5.41, 5.74) is 2.98. The van der Waals surface area contributed by atoms with Crippen LogP contribution in [0.3, 0.4) is 0 Å². The van der Waals surface area contributed by atoms with E-state index in [-0.39, 0.29) is 11.8 Å². The number of ether oxygens (including phenoxy) is 2. The van der Waals surface area contributed by atoms with Crippen molar-refractivity contribution in [2.75, 3.05) is 52.8 Å². The first-order chi connectivity index (χ1) is 20.8. The molecule has 1 saturated carbocycles. The van der Waals surface area contributed by atoms with Gasteiger partial charge in [0.1, 0.15) is 11.9 Å². The van der Waals surface area contributed by atoms with Crippen molar-refractivity contribution in [2.24, 2.45) is 0 Å². The van der Waals surface area contributed by atoms with Gasteiger partial charge >= 0.3 is 5.97 Å². The van der Waals surface area contributed by atoms with Gasteiger partial charge in [-0.15, -0.1) is 0 Å². The van der Waals surface area contributed by atoms with E-state index in [0.29, 0.717) is 24.2 Å². The summed E-state index contributed by atoms with van der Waals surface area (Å²) in [6.07, 6.45) is 12.2. The van der Waals surface area contributed by atoms with E-state index in [9.17, 15) is 9.90 Å². The van der Waals surface area contributed by atoms with E-state index in [2.05, 4.69) is 29.4 Å². The minimum Gasteiger partial charge on any atom is -0.493 e. The Morgan fingerprint density at radius 1 is 1.19 bits per heavy atom. The summed E-state index contributed by atoms with van der Waals surface area (Å²) in [6, 6.07) is 6.97. The molecule has 236 valence electrons. The van der Waals surface area contributed by atoms with Crippen LogP contribution in [0, 0.1) is 5.82 Å². The summed E-state index contributed by atoms with van der Waals surface area (Å²) in [5, 5.41) is 13.9. The summed E-state index contributed by atoms with van der Waals surface area (Å²) >= 11 is 0. The Bertz CT molecular complexity index is 1250. The lowest BCUT2D eigenvalue weighted by molar-refractivity contribution is -0.143. The number of aromatic nitrogens is 1. The van der Waals surface area contributed by atoms with Gasteiger partial charge in [-0.2, -0.15) is 0 Å². The molecule has 0 bridgehead atoms. The van der Waals surface area contributed by atoms with Gasteiger partial charge in [-0.05, 0) is 94.3 Å². The van der Waals surface area contributed by atoms with Crippen molar-refractivity contribution in [3.63, 3.8) is 0 Å². The van der Waals surface area contributed by atoms with Gasteiger partial charge in [0.05, 0.1) is 12.7 Å². The van der Waals surface area contributed by atoms with E-state index < -0.39 is 23.4 Å². The number of pyridine rings is 1. The van der Waals surface area contributed by atoms with Gasteiger partial charge in [0.15, 0.2) is 11.6 Å². The number of halogens is 1. The standard InChI is InChI=1S/C34H49FN4O4/c1-38(19-9-4-6-12-26-14-13-24-11-10-18-36-32(24)37-26)27-15-20-39(23-27)30(33(40)41)28-21-25(22-29(35)31(28)42-2)34(43-3)16-7-5-8-17-34/h13-14,21-22,27,30H,4-12,15-20,23H2,1-3H3,(H,36,37)(H,40,41)/t27-,30-/m1/s1. The molecule has 0 amide bonds. The highest BCUT2D eigenvalue weighted by atomic mass is 19.1. The lowest BCUT2D eigenvalue weighted by Crippen LogP contribution is -2.38. The number of carboxylic acids is 1. The quantitative estimate of drug-likeness (QED) is 0.275. The van der Waals surface area contributed by atoms with Crippen molar-refractivity contribution >= 4 is 11.8 Å². The molecule has 3 heterocycles. The minimum atomic E-state index is -0.987. The molecule has 2 aromatic rings. The zero-order valence-electron chi connectivity index (χ0n) is 26.2. The number of aliphatic carboxylic acids is 1. The van der Waals surface area contributed by atoms with Crippen molar-refractivity contribution in [3.8, 4) is 5.75 Å². The fourth-order valence-corrected chi connectivity index (χ4v) is 7.41. The van der Waals surface area contributed by atoms with Crippen LogP contribution in [0.2, 0.25) is 0 Å². The number of rotatable bonds is 13. The Labute approximate surface area is 256 Å². The average Bonchev–Trinajstić information content (AvgIpc) is 3.50. The number of unbranched alkanes of at least 4 members (excludes halogenated alkanes) is 2. The Kier molecular flexibility index (Phi) is 10.6. The van der Waals surface area contributed by atoms with Gasteiger partial charge in [-0.1, -0.05) is 31.7 Å². The fourth-order valence-electron chi connectivity index (χ4n) is 7.41. The molecule has 2 N–H and O–H groups in total. The zero-order valence-corrected chi connectivity index (χ0v) is 26.2. The molecule has 1 saturated heterocycles. The van der Waals surface area contributed by atoms with Crippen LogP contribution in [0.5, 0.6) is 5.75 Å². The van der Waals surface area contributed by atoms with Crippen LogP contribution >= 0.6 is 0 Å². The van der Waals surface area contributed by atoms with E-state index in [0.717, 1.165) is 95.2 Å². The molecule has 2 fully saturated rings. The first-order valence-corrected chi connectivity index (χ1v) is 16.2. The van der Waals surface area contributed by atoms with Gasteiger partial charge in [0, 0.05) is 44.0 Å². The Morgan fingerprint density at radius 3 is 2.74 bits per heavy atom. The number of hydrogen-bond donors (Lipinski definition) is 2. The molecule has 1 aromatic carbocycles. The number of likely N-dealkylation sites (tertiary alicyclic amines) is 1. The van der Waals surface area contributed by atoms with Gasteiger partial charge in [0.2, 0.25) is 0 Å². The molecule has 43 heavy (non-hydrogen) atoms. The number of anilines is 1. The van der Waals surface area contributed by atoms with Crippen LogP contribution in [0.25, 0.3) is 0 Å². The maximum Gasteiger partial charge on any atom is 0.325 e. The van der Waals surface area contributed by atoms with Crippen molar-refractivity contribution in [1.29, 1.82) is 0 Å². The van der Waals surface area contributed by atoms with Crippen molar-refractivity contribution < 1.29 is 23.8 Å². The van der Waals surface area contributed by atoms with Crippen molar-refractivity contribution in [2.45, 2.75) is 94.7 Å². The molecular weight excluding hydrogens is 547 g/mol. The lowest BCUT2D eigenvalue weighted by atomic mass is 9.78. The van der Waals surface area contributed by atoms with Crippen molar-refractivity contribution in [1.82, 2.24) is 14.8 Å². The summed E-state index contributed by atoms with van der Waals surface area (Å²) in [7, 11) is 5.21. The van der Waals surface area contributed by atoms with E-state index in [4.69, 9.17) is 14.5 Å². The highest BCUT2D eigenvalue weighted by molar-refractivity contribution is 5.77. The normalized spacial score (nSPS) is 20.9. The molecule has 2 aliphatic heterocycles. The van der Waals surface area contributed by atoms with Gasteiger partial charge in [-0.3, -0.25) is 9.69 Å². The van der Waals surface area contributed by atoms with Crippen LogP contribution in [0.4, 0.5) is 10.2 Å². The number of aryl methyl sites for hydroxylation is 2. The third-order valence-electron chi connectivity index (χ3n) is 9.96. The highest BCUT2D eigenvalue weighted by Crippen LogP contribution is 2.44. The molecule has 0 unspecified atom stereocenters. The van der Waals surface area contributed by atoms with Crippen LogP contribution in [0.1, 0.15) is 92.6 Å². The number of likely N-dealkylation sites (N-methyl/N-ethyl adjacent to an activating group) is 1. The number of nitrogens with zero attached hydrogens (tertiary/aromatic N) is 3. The fraction of sp³-hybridized carbons (Fsp3) is 0.647. The SMILES string of the molecule is COc1c(F)cc(C2(OC)CCCCC2)cc1[C@H](C(=O)O)N1CC[C@@H](N(C)CCCCCc2ccc3c(n2)NCCC3)C1. The number of benzene rings is 1. The highest BCUT2D eigenvalue weighted by Gasteiger charge is 2.40. The molecule has 3 aliphatic rings. The molecule has 8 nitrogen and oxygen atoms in total. The Morgan fingerprint density at radius 2 is 2.00 bits per heavy atom. The number of hydrogen-bond acceptors (Lipinski definition) is 7. The Hall–Kier alpha value is -2.75. The molecule has 5 rings (SSSR count). The molecule has 0 radical (unpaired) electrons. The van der Waals surface area contributed by atoms with Gasteiger partial charge < -0.3 is 24.8 Å². The number of methoxy groups -OCH3 is 2. The monoisotopic (exact) mass is 596 g/mol. The van der Waals surface area contributed by atoms with Crippen LogP contribution in [-0.2, 0) is 28.0 Å². The van der Waals surface area contributed by atoms with E-state index in [1.165, 1.54) is 25.2 Å². The maximum atomic E-state index is 15.5. The second-order valence-electron chi connectivity index (χ2n) is 12.6. The van der Waals surface area contributed by atoms with Crippen molar-refractivity contribution in [3.05, 3.63) is 52.5 Å². The topological polar surface area (TPSA) is 87.2 Å². The van der Waals surface area contributed by atoms with E-state index >= 15 is 4.39 Å². The van der Waals surface area contributed by atoms with Gasteiger partial charge in [-0.25, -0.2) is 9.37 Å². The van der Waals surface area contributed by atoms with Crippen LogP contribution < -0.4 is 10.1 Å². The van der Waals surface area contributed by atoms with Gasteiger partial charge in [0.25, 0.3) is 0 Å². The number of fused-ring (bicyclic) bond motifs is 1. The largest absolute Gasteiger partial charge is 0.493 e. The number of nitrogens with one attached hydrogen (secondary N) is 1. The predicted octanol–water partition coefficient (Wildman–Crippen LogP) is 5.94. The van der Waals surface area contributed by atoms with Crippen LogP contribution in [-0.4, -0.2) is 79.3 Å². The second kappa shape index (κ2) is 14.4. The summed E-state index contributed by atoms with van der Waals surface area (Å²) < 4.78 is 26.9. The molecular formula is C34H49FN4O4. The van der Waals surface area contributed by atoms with Crippen LogP contribution in [0.15, 0.2) is 24.3 Å². The van der Waals surface area contributed by atoms with E-state index in [1.807, 2.05) is 11.0 Å². The number of carbonyl (C=O) groups is 1. The molecule has 2 atom stereocenters. The number of carboxylic acid groups (broad SMARTS) is 1. The Balaban J connectivity index is 1.19. The first-order valence-electron chi connectivity index (χ1n) is 16.2. The predicted molar refractivity (Wildman–Crippen MR) is 166 cm³/mol. The first kappa shape index (κ1) is 31.7. The summed E-state index contributed by atoms with van der Waals surface area (Å²) in [4.78, 5) is 21.9. The molecule has 0 spiro atoms. The molecule has 1 aromatic heterocycles. The second-order valence-corrected chi connectivity index (χ2v) is 12.6. The molecule has 9 heteroatoms. The third kappa shape index (κ3) is 7.15. The summed E-state index contributed by atoms with van der Waals surface area (Å²) in [6.45, 7) is 3.21. The zero-order chi connectivity index (χ0) is 30.4. The average molecular weight is 597 g/mol. The smallest absolute Gasteiger partial charge is 0.325 e. The van der Waals surface area contributed by atoms with E-state index in [1.54, 1.807) is 7.11 Å². The minimum absolute atomic E-state index is 0.0132. The summed E-state index contributed by atoms with van der Waals surface area (Å²) in [5.74, 6) is -0.440. The molecule has 1 aliphatic carbocycles. The third-order valence-corrected chi connectivity index (χ3v) is 9.96. The lowest BCUT2D eigenvalue weighted by Gasteiger charge is -2.37. The maximum absolute atomic E-state index is 15.5.